The molecule has 2 aliphatic rings. The predicted molar refractivity (Wildman–Crippen MR) is 150 cm³/mol. The van der Waals surface area contributed by atoms with Crippen molar-refractivity contribution in [2.24, 2.45) is 0 Å². The standard InChI is InChI=1S/C29H37N5O8/c1-2-3-16-41-29(39)34-14-12-33(13-15-34)28(38)22(9-10-25(35)36)31-27(37)23-18-24(42-21-11-17-40-19-21)32-26(30-23)20-7-5-4-6-8-20/h4-8,18,21-22H,2-3,9-17,19H2,1H3,(H,31,37)(H,35,36)/t21-,22+/m1/s1. The van der Waals surface area contributed by atoms with Crippen LogP contribution in [0.2, 0.25) is 0 Å². The Labute approximate surface area is 244 Å². The summed E-state index contributed by atoms with van der Waals surface area (Å²) in [6.07, 6.45) is 1.29. The van der Waals surface area contributed by atoms with E-state index in [4.69, 9.17) is 14.2 Å². The number of carbonyl (C=O) groups is 4. The van der Waals surface area contributed by atoms with E-state index in [1.807, 2.05) is 25.1 Å². The number of rotatable bonds is 12. The maximum atomic E-state index is 13.5. The summed E-state index contributed by atoms with van der Waals surface area (Å²) in [5.74, 6) is -1.72. The molecule has 0 unspecified atom stereocenters. The normalized spacial score (nSPS) is 17.4. The molecule has 2 atom stereocenters. The summed E-state index contributed by atoms with van der Waals surface area (Å²) in [7, 11) is 0. The maximum Gasteiger partial charge on any atom is 0.409 e. The van der Waals surface area contributed by atoms with Gasteiger partial charge in [0.15, 0.2) is 5.82 Å². The molecule has 2 saturated heterocycles. The van der Waals surface area contributed by atoms with Gasteiger partial charge in [-0.2, -0.15) is 4.98 Å². The largest absolute Gasteiger partial charge is 0.481 e. The number of carboxylic acids is 1. The summed E-state index contributed by atoms with van der Waals surface area (Å²) in [5, 5.41) is 12.0. The minimum Gasteiger partial charge on any atom is -0.481 e. The van der Waals surface area contributed by atoms with Crippen molar-refractivity contribution in [1.82, 2.24) is 25.1 Å². The summed E-state index contributed by atoms with van der Waals surface area (Å²) in [4.78, 5) is 62.5. The van der Waals surface area contributed by atoms with Crippen LogP contribution in [-0.2, 0) is 19.1 Å². The molecule has 3 amide bonds. The Morgan fingerprint density at radius 3 is 2.50 bits per heavy atom. The summed E-state index contributed by atoms with van der Waals surface area (Å²) >= 11 is 0. The number of carbonyl (C=O) groups excluding carboxylic acids is 3. The molecule has 1 aromatic carbocycles. The molecule has 2 fully saturated rings. The van der Waals surface area contributed by atoms with Crippen LogP contribution in [0.1, 0.15) is 49.5 Å². The molecule has 1 aromatic heterocycles. The number of amides is 3. The second kappa shape index (κ2) is 15.1. The molecule has 2 N–H and O–H groups in total. The lowest BCUT2D eigenvalue weighted by Gasteiger charge is -2.36. The first-order valence-corrected chi connectivity index (χ1v) is 14.3. The highest BCUT2D eigenvalue weighted by atomic mass is 16.6. The van der Waals surface area contributed by atoms with Crippen LogP contribution in [0.25, 0.3) is 11.4 Å². The summed E-state index contributed by atoms with van der Waals surface area (Å²) in [6, 6.07) is 9.39. The van der Waals surface area contributed by atoms with Crippen LogP contribution < -0.4 is 10.1 Å². The van der Waals surface area contributed by atoms with Crippen molar-refractivity contribution in [3.8, 4) is 17.3 Å². The molecule has 0 aliphatic carbocycles. The van der Waals surface area contributed by atoms with Gasteiger partial charge in [0.25, 0.3) is 5.91 Å². The van der Waals surface area contributed by atoms with Crippen molar-refractivity contribution >= 4 is 23.9 Å². The minimum atomic E-state index is -1.11. The number of nitrogens with one attached hydrogen (secondary N) is 1. The van der Waals surface area contributed by atoms with Gasteiger partial charge >= 0.3 is 12.1 Å². The number of aromatic nitrogens is 2. The van der Waals surface area contributed by atoms with Gasteiger partial charge < -0.3 is 34.4 Å². The fourth-order valence-corrected chi connectivity index (χ4v) is 4.58. The van der Waals surface area contributed by atoms with Gasteiger partial charge in [-0.15, -0.1) is 0 Å². The molecule has 3 heterocycles. The van der Waals surface area contributed by atoms with Gasteiger partial charge in [-0.3, -0.25) is 14.4 Å². The molecule has 0 bridgehead atoms. The third-order valence-corrected chi connectivity index (χ3v) is 6.97. The first kappa shape index (κ1) is 30.7. The van der Waals surface area contributed by atoms with Gasteiger partial charge in [-0.1, -0.05) is 43.7 Å². The molecular weight excluding hydrogens is 546 g/mol. The van der Waals surface area contributed by atoms with E-state index in [9.17, 15) is 24.3 Å². The van der Waals surface area contributed by atoms with Crippen LogP contribution in [0.15, 0.2) is 36.4 Å². The Kier molecular flexibility index (Phi) is 11.0. The van der Waals surface area contributed by atoms with Crippen LogP contribution >= 0.6 is 0 Å². The zero-order chi connectivity index (χ0) is 29.9. The third-order valence-electron chi connectivity index (χ3n) is 6.97. The number of carboxylic acid groups (broad SMARTS) is 1. The van der Waals surface area contributed by atoms with Gasteiger partial charge in [0.2, 0.25) is 11.8 Å². The van der Waals surface area contributed by atoms with Crippen molar-refractivity contribution in [3.05, 3.63) is 42.1 Å². The van der Waals surface area contributed by atoms with Gasteiger partial charge in [0, 0.05) is 50.7 Å². The molecule has 0 radical (unpaired) electrons. The SMILES string of the molecule is CCCCOC(=O)N1CCN(C(=O)[C@H](CCC(=O)O)NC(=O)c2cc(O[C@@H]3CCOC3)nc(-c3ccccc3)n2)CC1. The fourth-order valence-electron chi connectivity index (χ4n) is 4.58. The number of piperazine rings is 1. The number of hydrogen-bond donors (Lipinski definition) is 2. The maximum absolute atomic E-state index is 13.5. The first-order valence-electron chi connectivity index (χ1n) is 14.3. The topological polar surface area (TPSA) is 160 Å². The average Bonchev–Trinajstić information content (AvgIpc) is 3.52. The van der Waals surface area contributed by atoms with Crippen molar-refractivity contribution in [3.63, 3.8) is 0 Å². The second-order valence-electron chi connectivity index (χ2n) is 10.1. The Morgan fingerprint density at radius 1 is 1.10 bits per heavy atom. The van der Waals surface area contributed by atoms with Crippen LogP contribution in [0, 0.1) is 0 Å². The van der Waals surface area contributed by atoms with E-state index in [-0.39, 0.29) is 62.5 Å². The lowest BCUT2D eigenvalue weighted by molar-refractivity contribution is -0.138. The summed E-state index contributed by atoms with van der Waals surface area (Å²) < 4.78 is 16.6. The lowest BCUT2D eigenvalue weighted by atomic mass is 10.1. The van der Waals surface area contributed by atoms with E-state index in [0.29, 0.717) is 31.8 Å². The highest BCUT2D eigenvalue weighted by molar-refractivity contribution is 5.96. The molecule has 13 heteroatoms. The molecular formula is C29H37N5O8. The van der Waals surface area contributed by atoms with E-state index in [0.717, 1.165) is 12.8 Å². The van der Waals surface area contributed by atoms with Gasteiger partial charge in [-0.05, 0) is 12.8 Å². The van der Waals surface area contributed by atoms with Crippen molar-refractivity contribution in [2.45, 2.75) is 51.2 Å². The van der Waals surface area contributed by atoms with Crippen molar-refractivity contribution in [1.29, 1.82) is 0 Å². The monoisotopic (exact) mass is 583 g/mol. The molecule has 0 saturated carbocycles. The Morgan fingerprint density at radius 2 is 1.83 bits per heavy atom. The number of benzene rings is 1. The molecule has 226 valence electrons. The number of aliphatic carboxylic acids is 1. The molecule has 4 rings (SSSR count). The molecule has 13 nitrogen and oxygen atoms in total. The van der Waals surface area contributed by atoms with Crippen LogP contribution in [0.5, 0.6) is 5.88 Å². The molecule has 2 aromatic rings. The average molecular weight is 584 g/mol. The highest BCUT2D eigenvalue weighted by Gasteiger charge is 2.31. The van der Waals surface area contributed by atoms with Gasteiger partial charge in [0.05, 0.1) is 19.8 Å². The fraction of sp³-hybridized carbons (Fsp3) is 0.517. The lowest BCUT2D eigenvalue weighted by Crippen LogP contribution is -2.56. The number of nitrogens with zero attached hydrogens (tertiary/aromatic N) is 4. The number of hydrogen-bond acceptors (Lipinski definition) is 9. The van der Waals surface area contributed by atoms with Crippen LogP contribution in [0.3, 0.4) is 0 Å². The quantitative estimate of drug-likeness (QED) is 0.355. The zero-order valence-electron chi connectivity index (χ0n) is 23.7. The zero-order valence-corrected chi connectivity index (χ0v) is 23.7. The summed E-state index contributed by atoms with van der Waals surface area (Å²) in [6.45, 7) is 4.32. The molecule has 2 aliphatic heterocycles. The van der Waals surface area contributed by atoms with E-state index in [2.05, 4.69) is 15.3 Å². The van der Waals surface area contributed by atoms with Gasteiger partial charge in [0.1, 0.15) is 17.8 Å². The first-order chi connectivity index (χ1) is 20.3. The van der Waals surface area contributed by atoms with Crippen LogP contribution in [-0.4, -0.2) is 107 Å². The Balaban J connectivity index is 1.47. The molecule has 42 heavy (non-hydrogen) atoms. The van der Waals surface area contributed by atoms with Crippen molar-refractivity contribution in [2.75, 3.05) is 46.0 Å². The Bertz CT molecular complexity index is 1230. The molecule has 0 spiro atoms. The Hall–Kier alpha value is -4.26. The van der Waals surface area contributed by atoms with E-state index < -0.39 is 29.9 Å². The van der Waals surface area contributed by atoms with Gasteiger partial charge in [-0.25, -0.2) is 9.78 Å². The van der Waals surface area contributed by atoms with Crippen LogP contribution in [0.4, 0.5) is 4.79 Å². The predicted octanol–water partition coefficient (Wildman–Crippen LogP) is 2.36. The third kappa shape index (κ3) is 8.62. The number of unbranched alkanes of at least 4 members (excludes halogenated alkanes) is 1. The van der Waals surface area contributed by atoms with E-state index in [1.54, 1.807) is 12.1 Å². The summed E-state index contributed by atoms with van der Waals surface area (Å²) in [5.41, 5.74) is 0.648. The minimum absolute atomic E-state index is 0.0227. The van der Waals surface area contributed by atoms with E-state index in [1.165, 1.54) is 15.9 Å². The second-order valence-corrected chi connectivity index (χ2v) is 10.1. The highest BCUT2D eigenvalue weighted by Crippen LogP contribution is 2.22. The number of ether oxygens (including phenoxy) is 3. The smallest absolute Gasteiger partial charge is 0.409 e. The van der Waals surface area contributed by atoms with E-state index >= 15 is 0 Å². The van der Waals surface area contributed by atoms with Crippen molar-refractivity contribution < 1.29 is 38.5 Å².